The highest BCUT2D eigenvalue weighted by atomic mass is 16.6. The zero-order chi connectivity index (χ0) is 11.7. The van der Waals surface area contributed by atoms with Crippen molar-refractivity contribution >= 4 is 0 Å². The standard InChI is InChI=1S/C15H14O2/c16-11-15(13-9-5-2-6-10-13)14(17-15)12-7-3-1-4-8-12/h1-10,14,16H,11H2/t14-,15-/m1/s1. The minimum atomic E-state index is -0.539. The number of benzene rings is 2. The second-order valence-corrected chi connectivity index (χ2v) is 4.32. The summed E-state index contributed by atoms with van der Waals surface area (Å²) >= 11 is 0. The van der Waals surface area contributed by atoms with Crippen LogP contribution in [0.15, 0.2) is 60.7 Å². The first-order chi connectivity index (χ1) is 8.37. The molecular weight excluding hydrogens is 212 g/mol. The van der Waals surface area contributed by atoms with E-state index in [9.17, 15) is 5.11 Å². The normalized spacial score (nSPS) is 26.8. The molecule has 1 fully saturated rings. The van der Waals surface area contributed by atoms with Crippen LogP contribution >= 0.6 is 0 Å². The Hall–Kier alpha value is -1.64. The lowest BCUT2D eigenvalue weighted by atomic mass is 9.92. The molecule has 86 valence electrons. The molecular formula is C15H14O2. The summed E-state index contributed by atoms with van der Waals surface area (Å²) in [5, 5.41) is 9.62. The summed E-state index contributed by atoms with van der Waals surface area (Å²) in [6.45, 7) is 0.0105. The van der Waals surface area contributed by atoms with E-state index in [1.807, 2.05) is 60.7 Å². The minimum absolute atomic E-state index is 0.0105. The lowest BCUT2D eigenvalue weighted by Gasteiger charge is -2.09. The molecule has 1 heterocycles. The monoisotopic (exact) mass is 226 g/mol. The molecule has 0 unspecified atom stereocenters. The molecule has 3 rings (SSSR count). The first-order valence-corrected chi connectivity index (χ1v) is 5.76. The summed E-state index contributed by atoms with van der Waals surface area (Å²) in [6.07, 6.45) is -0.0314. The number of hydrogen-bond donors (Lipinski definition) is 1. The van der Waals surface area contributed by atoms with Crippen molar-refractivity contribution in [2.75, 3.05) is 6.61 Å². The predicted octanol–water partition coefficient (Wildman–Crippen LogP) is 2.65. The van der Waals surface area contributed by atoms with Crippen molar-refractivity contribution in [2.24, 2.45) is 0 Å². The highest BCUT2D eigenvalue weighted by molar-refractivity contribution is 5.35. The van der Waals surface area contributed by atoms with Crippen LogP contribution < -0.4 is 0 Å². The van der Waals surface area contributed by atoms with E-state index in [-0.39, 0.29) is 12.7 Å². The van der Waals surface area contributed by atoms with Crippen LogP contribution in [-0.2, 0) is 10.3 Å². The van der Waals surface area contributed by atoms with Gasteiger partial charge in [-0.2, -0.15) is 0 Å². The number of epoxide rings is 1. The maximum absolute atomic E-state index is 9.62. The van der Waals surface area contributed by atoms with E-state index in [2.05, 4.69) is 0 Å². The Morgan fingerprint density at radius 1 is 0.941 bits per heavy atom. The van der Waals surface area contributed by atoms with Gasteiger partial charge in [-0.25, -0.2) is 0 Å². The van der Waals surface area contributed by atoms with E-state index in [0.717, 1.165) is 11.1 Å². The Morgan fingerprint density at radius 2 is 1.53 bits per heavy atom. The Balaban J connectivity index is 1.94. The fourth-order valence-electron chi connectivity index (χ4n) is 2.29. The Labute approximate surface area is 100 Å². The quantitative estimate of drug-likeness (QED) is 0.816. The molecule has 1 aliphatic rings. The van der Waals surface area contributed by atoms with Gasteiger partial charge in [-0.15, -0.1) is 0 Å². The average Bonchev–Trinajstić information content (AvgIpc) is 3.17. The number of aliphatic hydroxyl groups excluding tert-OH is 1. The van der Waals surface area contributed by atoms with Crippen molar-refractivity contribution in [3.05, 3.63) is 71.8 Å². The fraction of sp³-hybridized carbons (Fsp3) is 0.200. The first kappa shape index (κ1) is 10.5. The molecule has 2 aromatic rings. The zero-order valence-corrected chi connectivity index (χ0v) is 9.41. The van der Waals surface area contributed by atoms with Gasteiger partial charge < -0.3 is 9.84 Å². The molecule has 2 heteroatoms. The van der Waals surface area contributed by atoms with Gasteiger partial charge in [-0.3, -0.25) is 0 Å². The number of rotatable bonds is 3. The molecule has 1 saturated heterocycles. The van der Waals surface area contributed by atoms with Crippen LogP contribution in [0.1, 0.15) is 17.2 Å². The number of ether oxygens (including phenoxy) is 1. The molecule has 1 aliphatic heterocycles. The van der Waals surface area contributed by atoms with Crippen molar-refractivity contribution in [3.63, 3.8) is 0 Å². The fourth-order valence-corrected chi connectivity index (χ4v) is 2.29. The molecule has 0 spiro atoms. The third kappa shape index (κ3) is 1.66. The maximum atomic E-state index is 9.62. The van der Waals surface area contributed by atoms with Gasteiger partial charge in [0.2, 0.25) is 0 Å². The maximum Gasteiger partial charge on any atom is 0.147 e. The van der Waals surface area contributed by atoms with Crippen molar-refractivity contribution < 1.29 is 9.84 Å². The molecule has 0 bridgehead atoms. The average molecular weight is 226 g/mol. The van der Waals surface area contributed by atoms with Crippen LogP contribution in [-0.4, -0.2) is 11.7 Å². The Bertz CT molecular complexity index is 495. The molecule has 0 radical (unpaired) electrons. The number of hydrogen-bond acceptors (Lipinski definition) is 2. The largest absolute Gasteiger partial charge is 0.393 e. The summed E-state index contributed by atoms with van der Waals surface area (Å²) in [5.41, 5.74) is 1.62. The van der Waals surface area contributed by atoms with Crippen LogP contribution in [0.5, 0.6) is 0 Å². The van der Waals surface area contributed by atoms with Gasteiger partial charge in [0, 0.05) is 0 Å². The van der Waals surface area contributed by atoms with Gasteiger partial charge >= 0.3 is 0 Å². The summed E-state index contributed by atoms with van der Waals surface area (Å²) in [6, 6.07) is 19.9. The topological polar surface area (TPSA) is 32.8 Å². The molecule has 0 amide bonds. The zero-order valence-electron chi connectivity index (χ0n) is 9.41. The third-order valence-electron chi connectivity index (χ3n) is 3.29. The smallest absolute Gasteiger partial charge is 0.147 e. The van der Waals surface area contributed by atoms with Crippen LogP contribution in [0.25, 0.3) is 0 Å². The molecule has 1 N–H and O–H groups in total. The lowest BCUT2D eigenvalue weighted by Crippen LogP contribution is -2.15. The molecule has 0 aromatic heterocycles. The van der Waals surface area contributed by atoms with Crippen LogP contribution in [0.2, 0.25) is 0 Å². The Kier molecular flexibility index (Phi) is 2.46. The van der Waals surface area contributed by atoms with E-state index in [4.69, 9.17) is 4.74 Å². The highest BCUT2D eigenvalue weighted by Crippen LogP contribution is 2.56. The lowest BCUT2D eigenvalue weighted by molar-refractivity contribution is 0.172. The molecule has 2 nitrogen and oxygen atoms in total. The van der Waals surface area contributed by atoms with E-state index in [1.54, 1.807) is 0 Å². The summed E-state index contributed by atoms with van der Waals surface area (Å²) in [4.78, 5) is 0. The van der Waals surface area contributed by atoms with Gasteiger partial charge in [0.15, 0.2) is 0 Å². The van der Waals surface area contributed by atoms with Crippen molar-refractivity contribution in [1.29, 1.82) is 0 Å². The Morgan fingerprint density at radius 3 is 2.12 bits per heavy atom. The first-order valence-electron chi connectivity index (χ1n) is 5.76. The van der Waals surface area contributed by atoms with Gasteiger partial charge in [-0.05, 0) is 11.1 Å². The SMILES string of the molecule is OC[C@]1(c2ccccc2)O[C@@H]1c1ccccc1. The molecule has 2 aromatic carbocycles. The van der Waals surface area contributed by atoms with Crippen LogP contribution in [0.4, 0.5) is 0 Å². The second kappa shape index (κ2) is 3.99. The molecule has 0 aliphatic carbocycles. The van der Waals surface area contributed by atoms with Gasteiger partial charge in [-0.1, -0.05) is 60.7 Å². The summed E-state index contributed by atoms with van der Waals surface area (Å²) < 4.78 is 5.78. The molecule has 2 atom stereocenters. The van der Waals surface area contributed by atoms with Crippen LogP contribution in [0.3, 0.4) is 0 Å². The van der Waals surface area contributed by atoms with Crippen molar-refractivity contribution in [3.8, 4) is 0 Å². The molecule has 17 heavy (non-hydrogen) atoms. The van der Waals surface area contributed by atoms with Crippen molar-refractivity contribution in [2.45, 2.75) is 11.7 Å². The highest BCUT2D eigenvalue weighted by Gasteiger charge is 2.58. The summed E-state index contributed by atoms with van der Waals surface area (Å²) in [7, 11) is 0. The third-order valence-corrected chi connectivity index (χ3v) is 3.29. The van der Waals surface area contributed by atoms with E-state index < -0.39 is 5.60 Å². The van der Waals surface area contributed by atoms with Gasteiger partial charge in [0.25, 0.3) is 0 Å². The molecule has 0 saturated carbocycles. The predicted molar refractivity (Wildman–Crippen MR) is 65.5 cm³/mol. The van der Waals surface area contributed by atoms with Crippen molar-refractivity contribution in [1.82, 2.24) is 0 Å². The van der Waals surface area contributed by atoms with E-state index >= 15 is 0 Å². The van der Waals surface area contributed by atoms with E-state index in [0.29, 0.717) is 0 Å². The minimum Gasteiger partial charge on any atom is -0.393 e. The second-order valence-electron chi connectivity index (χ2n) is 4.32. The van der Waals surface area contributed by atoms with Gasteiger partial charge in [0.1, 0.15) is 11.7 Å². The van der Waals surface area contributed by atoms with Gasteiger partial charge in [0.05, 0.1) is 6.61 Å². The van der Waals surface area contributed by atoms with E-state index in [1.165, 1.54) is 0 Å². The number of aliphatic hydroxyl groups is 1. The van der Waals surface area contributed by atoms with Crippen LogP contribution in [0, 0.1) is 0 Å². The summed E-state index contributed by atoms with van der Waals surface area (Å²) in [5.74, 6) is 0.